The summed E-state index contributed by atoms with van der Waals surface area (Å²) in [6.07, 6.45) is 1.60. The van der Waals surface area contributed by atoms with Gasteiger partial charge in [0.2, 0.25) is 11.9 Å². The first kappa shape index (κ1) is 22.9. The van der Waals surface area contributed by atoms with Crippen LogP contribution >= 0.6 is 11.8 Å². The third-order valence-corrected chi connectivity index (χ3v) is 6.21. The fourth-order valence-corrected chi connectivity index (χ4v) is 4.63. The van der Waals surface area contributed by atoms with Crippen molar-refractivity contribution in [3.8, 4) is 0 Å². The largest absolute Gasteiger partial charge is 0.466 e. The summed E-state index contributed by atoms with van der Waals surface area (Å²) >= 11 is 1.42. The predicted octanol–water partition coefficient (Wildman–Crippen LogP) is 1.66. The topological polar surface area (TPSA) is 89.8 Å². The van der Waals surface area contributed by atoms with E-state index in [2.05, 4.69) is 33.5 Å². The molecule has 1 amide bonds. The normalized spacial score (nSPS) is 19.9. The molecule has 0 saturated carbocycles. The van der Waals surface area contributed by atoms with Gasteiger partial charge in [-0.25, -0.2) is 0 Å². The van der Waals surface area contributed by atoms with E-state index in [-0.39, 0.29) is 23.5 Å². The van der Waals surface area contributed by atoms with Crippen LogP contribution in [0.4, 0.5) is 5.95 Å². The minimum atomic E-state index is -0.217. The molecule has 0 bridgehead atoms. The number of piperidine rings is 1. The van der Waals surface area contributed by atoms with Crippen molar-refractivity contribution in [2.45, 2.75) is 45.3 Å². The van der Waals surface area contributed by atoms with Gasteiger partial charge in [0.05, 0.1) is 31.5 Å². The average Bonchev–Trinajstić information content (AvgIpc) is 3.14. The second kappa shape index (κ2) is 11.0. The van der Waals surface area contributed by atoms with Crippen LogP contribution in [0.2, 0.25) is 0 Å². The van der Waals surface area contributed by atoms with Gasteiger partial charge in [-0.1, -0.05) is 25.6 Å². The standard InChI is InChI=1S/C20H33N5O4S/c1-4-29-18(27)16-6-5-7-24(13-16)17(26)14-30-20-22-21-19(25(20)12-15(2)3)23-8-10-28-11-9-23/h15-16H,4-14H2,1-3H3. The van der Waals surface area contributed by atoms with Crippen LogP contribution in [-0.4, -0.2) is 83.3 Å². The monoisotopic (exact) mass is 439 g/mol. The molecule has 3 rings (SSSR count). The quantitative estimate of drug-likeness (QED) is 0.446. The summed E-state index contributed by atoms with van der Waals surface area (Å²) in [5, 5.41) is 9.55. The van der Waals surface area contributed by atoms with Crippen molar-refractivity contribution in [3.63, 3.8) is 0 Å². The molecule has 10 heteroatoms. The van der Waals surface area contributed by atoms with E-state index in [4.69, 9.17) is 9.47 Å². The smallest absolute Gasteiger partial charge is 0.310 e. The van der Waals surface area contributed by atoms with Crippen molar-refractivity contribution in [1.82, 2.24) is 19.7 Å². The Morgan fingerprint density at radius 3 is 2.70 bits per heavy atom. The van der Waals surface area contributed by atoms with Crippen molar-refractivity contribution in [2.75, 3.05) is 56.7 Å². The van der Waals surface area contributed by atoms with Gasteiger partial charge in [0.15, 0.2) is 5.16 Å². The van der Waals surface area contributed by atoms with Gasteiger partial charge < -0.3 is 19.3 Å². The number of carbonyl (C=O) groups excluding carboxylic acids is 2. The second-order valence-corrected chi connectivity index (χ2v) is 9.05. The molecule has 0 aliphatic carbocycles. The molecular weight excluding hydrogens is 406 g/mol. The number of nitrogens with zero attached hydrogens (tertiary/aromatic N) is 5. The van der Waals surface area contributed by atoms with E-state index < -0.39 is 0 Å². The number of aromatic nitrogens is 3. The van der Waals surface area contributed by atoms with Crippen molar-refractivity contribution in [3.05, 3.63) is 0 Å². The number of esters is 1. The predicted molar refractivity (Wildman–Crippen MR) is 115 cm³/mol. The van der Waals surface area contributed by atoms with Crippen LogP contribution in [0.1, 0.15) is 33.6 Å². The molecule has 0 spiro atoms. The lowest BCUT2D eigenvalue weighted by atomic mass is 9.98. The summed E-state index contributed by atoms with van der Waals surface area (Å²) in [6, 6.07) is 0. The first-order valence-electron chi connectivity index (χ1n) is 10.8. The summed E-state index contributed by atoms with van der Waals surface area (Å²) in [5.41, 5.74) is 0. The zero-order chi connectivity index (χ0) is 21.5. The van der Waals surface area contributed by atoms with Gasteiger partial charge in [-0.2, -0.15) is 0 Å². The lowest BCUT2D eigenvalue weighted by molar-refractivity contribution is -0.151. The minimum Gasteiger partial charge on any atom is -0.466 e. The van der Waals surface area contributed by atoms with Gasteiger partial charge in [-0.15, -0.1) is 10.2 Å². The van der Waals surface area contributed by atoms with Crippen molar-refractivity contribution in [1.29, 1.82) is 0 Å². The summed E-state index contributed by atoms with van der Waals surface area (Å²) in [4.78, 5) is 28.8. The molecule has 3 heterocycles. The number of hydrogen-bond acceptors (Lipinski definition) is 8. The number of amides is 1. The molecule has 1 unspecified atom stereocenters. The molecule has 168 valence electrons. The van der Waals surface area contributed by atoms with Gasteiger partial charge in [0, 0.05) is 32.7 Å². The third-order valence-electron chi connectivity index (χ3n) is 5.26. The van der Waals surface area contributed by atoms with E-state index in [1.165, 1.54) is 11.8 Å². The molecule has 0 aromatic carbocycles. The first-order chi connectivity index (χ1) is 14.5. The zero-order valence-corrected chi connectivity index (χ0v) is 19.0. The molecule has 2 saturated heterocycles. The second-order valence-electron chi connectivity index (χ2n) is 8.11. The Bertz CT molecular complexity index is 720. The highest BCUT2D eigenvalue weighted by atomic mass is 32.2. The van der Waals surface area contributed by atoms with Crippen LogP contribution in [0.25, 0.3) is 0 Å². The maximum Gasteiger partial charge on any atom is 0.310 e. The van der Waals surface area contributed by atoms with Gasteiger partial charge >= 0.3 is 5.97 Å². The summed E-state index contributed by atoms with van der Waals surface area (Å²) in [5.74, 6) is 1.18. The van der Waals surface area contributed by atoms with Crippen molar-refractivity contribution < 1.29 is 19.1 Å². The first-order valence-corrected chi connectivity index (χ1v) is 11.8. The Morgan fingerprint density at radius 2 is 2.00 bits per heavy atom. The molecule has 30 heavy (non-hydrogen) atoms. The Hall–Kier alpha value is -1.81. The molecule has 0 N–H and O–H groups in total. The van der Waals surface area contributed by atoms with E-state index in [1.807, 2.05) is 0 Å². The fourth-order valence-electron chi connectivity index (χ4n) is 3.78. The number of likely N-dealkylation sites (tertiary alicyclic amines) is 1. The number of ether oxygens (including phenoxy) is 2. The van der Waals surface area contributed by atoms with Gasteiger partial charge in [-0.3, -0.25) is 14.2 Å². The van der Waals surface area contributed by atoms with E-state index >= 15 is 0 Å². The average molecular weight is 440 g/mol. The van der Waals surface area contributed by atoms with E-state index in [1.54, 1.807) is 11.8 Å². The molecule has 2 aliphatic heterocycles. The van der Waals surface area contributed by atoms with Crippen molar-refractivity contribution in [2.24, 2.45) is 11.8 Å². The highest BCUT2D eigenvalue weighted by Crippen LogP contribution is 2.25. The number of carbonyl (C=O) groups is 2. The Labute approximate surface area is 182 Å². The Kier molecular flexibility index (Phi) is 8.38. The zero-order valence-electron chi connectivity index (χ0n) is 18.2. The minimum absolute atomic E-state index is 0.0287. The molecule has 2 aliphatic rings. The molecule has 1 aromatic rings. The van der Waals surface area contributed by atoms with E-state index in [0.29, 0.717) is 38.8 Å². The highest BCUT2D eigenvalue weighted by molar-refractivity contribution is 7.99. The fraction of sp³-hybridized carbons (Fsp3) is 0.800. The van der Waals surface area contributed by atoms with E-state index in [9.17, 15) is 9.59 Å². The number of rotatable bonds is 8. The summed E-state index contributed by atoms with van der Waals surface area (Å²) < 4.78 is 12.7. The Balaban J connectivity index is 1.62. The van der Waals surface area contributed by atoms with Crippen LogP contribution in [0.3, 0.4) is 0 Å². The van der Waals surface area contributed by atoms with Crippen molar-refractivity contribution >= 4 is 29.6 Å². The van der Waals surface area contributed by atoms with Gasteiger partial charge in [0.25, 0.3) is 0 Å². The molecule has 1 atom stereocenters. The van der Waals surface area contributed by atoms with Crippen LogP contribution < -0.4 is 4.90 Å². The third kappa shape index (κ3) is 5.87. The summed E-state index contributed by atoms with van der Waals surface area (Å²) in [6.45, 7) is 11.4. The van der Waals surface area contributed by atoms with Gasteiger partial charge in [-0.05, 0) is 25.7 Å². The molecule has 9 nitrogen and oxygen atoms in total. The van der Waals surface area contributed by atoms with Gasteiger partial charge in [0.1, 0.15) is 0 Å². The molecule has 1 aromatic heterocycles. The summed E-state index contributed by atoms with van der Waals surface area (Å²) in [7, 11) is 0. The molecule has 0 radical (unpaired) electrons. The van der Waals surface area contributed by atoms with Crippen LogP contribution in [0.5, 0.6) is 0 Å². The molecular formula is C20H33N5O4S. The van der Waals surface area contributed by atoms with Crippen LogP contribution in [0, 0.1) is 11.8 Å². The number of anilines is 1. The van der Waals surface area contributed by atoms with E-state index in [0.717, 1.165) is 43.6 Å². The maximum absolute atomic E-state index is 12.8. The molecule has 2 fully saturated rings. The Morgan fingerprint density at radius 1 is 1.23 bits per heavy atom. The highest BCUT2D eigenvalue weighted by Gasteiger charge is 2.30. The number of hydrogen-bond donors (Lipinski definition) is 0. The number of morpholine rings is 1. The SMILES string of the molecule is CCOC(=O)C1CCCN(C(=O)CSc2nnc(N3CCOCC3)n2CC(C)C)C1. The lowest BCUT2D eigenvalue weighted by Gasteiger charge is -2.31. The number of thioether (sulfide) groups is 1. The van der Waals surface area contributed by atoms with Crippen LogP contribution in [-0.2, 0) is 25.6 Å². The maximum atomic E-state index is 12.8. The lowest BCUT2D eigenvalue weighted by Crippen LogP contribution is -2.43. The van der Waals surface area contributed by atoms with Crippen LogP contribution in [0.15, 0.2) is 5.16 Å².